The van der Waals surface area contributed by atoms with E-state index in [1.54, 1.807) is 31.4 Å². The van der Waals surface area contributed by atoms with Gasteiger partial charge in [-0.1, -0.05) is 12.1 Å². The van der Waals surface area contributed by atoms with Gasteiger partial charge in [-0.05, 0) is 17.7 Å². The number of nitrogens with zero attached hydrogens (tertiary/aromatic N) is 2. The number of carbonyl (C=O) groups excluding carboxylic acids is 2. The van der Waals surface area contributed by atoms with Crippen LogP contribution in [0.5, 0.6) is 5.75 Å². The summed E-state index contributed by atoms with van der Waals surface area (Å²) in [5.74, 6) is -0.993. The number of ketones is 1. The molecule has 0 atom stereocenters. The molecule has 0 bridgehead atoms. The number of ether oxygens (including phenoxy) is 2. The van der Waals surface area contributed by atoms with Gasteiger partial charge in [-0.15, -0.1) is 0 Å². The second kappa shape index (κ2) is 6.42. The van der Waals surface area contributed by atoms with Crippen LogP contribution in [0, 0.1) is 0 Å². The fourth-order valence-corrected chi connectivity index (χ4v) is 1.47. The van der Waals surface area contributed by atoms with Crippen LogP contribution in [0.4, 0.5) is 0 Å². The van der Waals surface area contributed by atoms with Gasteiger partial charge in [0.25, 0.3) is 5.78 Å². The maximum Gasteiger partial charge on any atom is 0.380 e. The number of benzene rings is 1. The number of carbonyl (C=O) groups is 2. The summed E-state index contributed by atoms with van der Waals surface area (Å²) in [5, 5.41) is 0. The summed E-state index contributed by atoms with van der Waals surface area (Å²) in [5.41, 5.74) is 0.864. The lowest BCUT2D eigenvalue weighted by molar-refractivity contribution is -0.139. The number of Topliss-reactive ketones (excluding diaryl/α,β-unsaturated/α-hetero) is 1. The largest absolute Gasteiger partial charge is 0.497 e. The fourth-order valence-electron chi connectivity index (χ4n) is 1.47. The second-order valence-electron chi connectivity index (χ2n) is 3.88. The molecular formula is C14H12N2O4. The van der Waals surface area contributed by atoms with E-state index in [4.69, 9.17) is 9.47 Å². The van der Waals surface area contributed by atoms with Crippen LogP contribution >= 0.6 is 0 Å². The highest BCUT2D eigenvalue weighted by Gasteiger charge is 2.18. The Hall–Kier alpha value is -2.76. The Kier molecular flexibility index (Phi) is 4.39. The zero-order chi connectivity index (χ0) is 14.4. The molecule has 1 aromatic heterocycles. The van der Waals surface area contributed by atoms with E-state index in [0.29, 0.717) is 5.75 Å². The molecular weight excluding hydrogens is 260 g/mol. The maximum atomic E-state index is 11.7. The summed E-state index contributed by atoms with van der Waals surface area (Å²) in [7, 11) is 1.57. The molecule has 0 amide bonds. The van der Waals surface area contributed by atoms with Crippen molar-refractivity contribution in [3.63, 3.8) is 0 Å². The number of aromatic nitrogens is 2. The molecule has 0 aliphatic rings. The van der Waals surface area contributed by atoms with Crippen molar-refractivity contribution in [1.29, 1.82) is 0 Å². The molecule has 0 N–H and O–H groups in total. The van der Waals surface area contributed by atoms with Crippen LogP contribution in [0.3, 0.4) is 0 Å². The highest BCUT2D eigenvalue weighted by Crippen LogP contribution is 2.12. The molecule has 1 aromatic carbocycles. The van der Waals surface area contributed by atoms with Crippen molar-refractivity contribution in [3.8, 4) is 5.75 Å². The molecule has 0 saturated heterocycles. The summed E-state index contributed by atoms with van der Waals surface area (Å²) >= 11 is 0. The van der Waals surface area contributed by atoms with Gasteiger partial charge in [0, 0.05) is 12.4 Å². The number of hydrogen-bond acceptors (Lipinski definition) is 6. The molecule has 20 heavy (non-hydrogen) atoms. The lowest BCUT2D eigenvalue weighted by atomic mass is 10.2. The summed E-state index contributed by atoms with van der Waals surface area (Å²) < 4.78 is 9.95. The van der Waals surface area contributed by atoms with E-state index in [2.05, 4.69) is 9.97 Å². The summed E-state index contributed by atoms with van der Waals surface area (Å²) in [6, 6.07) is 7.00. The highest BCUT2D eigenvalue weighted by molar-refractivity contribution is 6.40. The lowest BCUT2D eigenvalue weighted by Gasteiger charge is -2.05. The van der Waals surface area contributed by atoms with Gasteiger partial charge >= 0.3 is 5.97 Å². The zero-order valence-electron chi connectivity index (χ0n) is 10.8. The highest BCUT2D eigenvalue weighted by atomic mass is 16.5. The average Bonchev–Trinajstić information content (AvgIpc) is 2.53. The first-order valence-corrected chi connectivity index (χ1v) is 5.80. The molecule has 1 heterocycles. The fraction of sp³-hybridized carbons (Fsp3) is 0.143. The van der Waals surface area contributed by atoms with Crippen LogP contribution < -0.4 is 4.74 Å². The third-order valence-corrected chi connectivity index (χ3v) is 2.54. The predicted octanol–water partition coefficient (Wildman–Crippen LogP) is 1.41. The van der Waals surface area contributed by atoms with Gasteiger partial charge < -0.3 is 9.47 Å². The SMILES string of the molecule is COc1ccc(COC(=O)C(=O)c2cncnc2)cc1. The van der Waals surface area contributed by atoms with Crippen LogP contribution in [0.1, 0.15) is 15.9 Å². The van der Waals surface area contributed by atoms with Crippen LogP contribution in [-0.2, 0) is 16.1 Å². The summed E-state index contributed by atoms with van der Waals surface area (Å²) in [6.07, 6.45) is 3.81. The predicted molar refractivity (Wildman–Crippen MR) is 69.2 cm³/mol. The quantitative estimate of drug-likeness (QED) is 0.465. The van der Waals surface area contributed by atoms with Gasteiger partial charge in [-0.3, -0.25) is 4.79 Å². The molecule has 2 rings (SSSR count). The van der Waals surface area contributed by atoms with Crippen molar-refractivity contribution < 1.29 is 19.1 Å². The Morgan fingerprint density at radius 2 is 1.75 bits per heavy atom. The van der Waals surface area contributed by atoms with Gasteiger partial charge in [0.15, 0.2) is 0 Å². The second-order valence-corrected chi connectivity index (χ2v) is 3.88. The van der Waals surface area contributed by atoms with Gasteiger partial charge in [0.1, 0.15) is 18.7 Å². The lowest BCUT2D eigenvalue weighted by Crippen LogP contribution is -2.17. The van der Waals surface area contributed by atoms with Gasteiger partial charge in [0.2, 0.25) is 0 Å². The number of methoxy groups -OCH3 is 1. The van der Waals surface area contributed by atoms with Crippen molar-refractivity contribution in [1.82, 2.24) is 9.97 Å². The molecule has 0 radical (unpaired) electrons. The number of esters is 1. The van der Waals surface area contributed by atoms with Gasteiger partial charge in [0.05, 0.1) is 12.7 Å². The van der Waals surface area contributed by atoms with Crippen LogP contribution in [0.2, 0.25) is 0 Å². The van der Waals surface area contributed by atoms with E-state index in [-0.39, 0.29) is 12.2 Å². The summed E-state index contributed by atoms with van der Waals surface area (Å²) in [4.78, 5) is 30.6. The summed E-state index contributed by atoms with van der Waals surface area (Å²) in [6.45, 7) is 0.0161. The zero-order valence-corrected chi connectivity index (χ0v) is 10.8. The first-order chi connectivity index (χ1) is 9.70. The van der Waals surface area contributed by atoms with E-state index in [1.807, 2.05) is 0 Å². The molecule has 102 valence electrons. The van der Waals surface area contributed by atoms with Crippen molar-refractivity contribution >= 4 is 11.8 Å². The van der Waals surface area contributed by atoms with E-state index in [0.717, 1.165) is 5.56 Å². The maximum absolute atomic E-state index is 11.7. The Bertz CT molecular complexity index is 596. The van der Waals surface area contributed by atoms with Crippen molar-refractivity contribution in [3.05, 3.63) is 54.1 Å². The minimum atomic E-state index is -0.935. The molecule has 0 saturated carbocycles. The van der Waals surface area contributed by atoms with Gasteiger partial charge in [-0.25, -0.2) is 14.8 Å². The Balaban J connectivity index is 1.93. The van der Waals surface area contributed by atoms with E-state index < -0.39 is 11.8 Å². The van der Waals surface area contributed by atoms with Crippen molar-refractivity contribution in [2.75, 3.05) is 7.11 Å². The van der Waals surface area contributed by atoms with Gasteiger partial charge in [-0.2, -0.15) is 0 Å². The molecule has 0 spiro atoms. The first-order valence-electron chi connectivity index (χ1n) is 5.80. The van der Waals surface area contributed by atoms with Crippen molar-refractivity contribution in [2.24, 2.45) is 0 Å². The minimum absolute atomic E-state index is 0.0161. The van der Waals surface area contributed by atoms with E-state index in [1.165, 1.54) is 18.7 Å². The van der Waals surface area contributed by atoms with E-state index in [9.17, 15) is 9.59 Å². The van der Waals surface area contributed by atoms with Crippen molar-refractivity contribution in [2.45, 2.75) is 6.61 Å². The van der Waals surface area contributed by atoms with Crippen LogP contribution in [0.25, 0.3) is 0 Å². The molecule has 6 nitrogen and oxygen atoms in total. The van der Waals surface area contributed by atoms with Crippen LogP contribution in [-0.4, -0.2) is 28.8 Å². The molecule has 0 unspecified atom stereocenters. The molecule has 0 fully saturated rings. The molecule has 0 aliphatic heterocycles. The third kappa shape index (κ3) is 3.38. The molecule has 6 heteroatoms. The Labute approximate surface area is 115 Å². The molecule has 0 aliphatic carbocycles. The Morgan fingerprint density at radius 3 is 2.35 bits per heavy atom. The normalized spacial score (nSPS) is 9.85. The molecule has 2 aromatic rings. The van der Waals surface area contributed by atoms with E-state index >= 15 is 0 Å². The average molecular weight is 272 g/mol. The number of rotatable bonds is 5. The first kappa shape index (κ1) is 13.7. The monoisotopic (exact) mass is 272 g/mol. The van der Waals surface area contributed by atoms with Crippen LogP contribution in [0.15, 0.2) is 43.0 Å². The number of hydrogen-bond donors (Lipinski definition) is 0. The topological polar surface area (TPSA) is 78.4 Å². The third-order valence-electron chi connectivity index (χ3n) is 2.54. The minimum Gasteiger partial charge on any atom is -0.497 e. The Morgan fingerprint density at radius 1 is 1.10 bits per heavy atom. The standard InChI is InChI=1S/C14H12N2O4/c1-19-12-4-2-10(3-5-12)8-20-14(18)13(17)11-6-15-9-16-7-11/h2-7,9H,8H2,1H3. The smallest absolute Gasteiger partial charge is 0.380 e.